The maximum Gasteiger partial charge on any atom is 0.193 e. The van der Waals surface area contributed by atoms with Crippen LogP contribution in [0.5, 0.6) is 0 Å². The third kappa shape index (κ3) is 5.32. The van der Waals surface area contributed by atoms with E-state index >= 15 is 0 Å². The molecular formula is C16H28IN5O2. The quantitative estimate of drug-likeness (QED) is 0.318. The number of nitrogens with zero attached hydrogens (tertiary/aromatic N) is 4. The van der Waals surface area contributed by atoms with E-state index < -0.39 is 0 Å². The number of aromatic nitrogens is 2. The van der Waals surface area contributed by atoms with Crippen molar-refractivity contribution < 1.29 is 9.47 Å². The van der Waals surface area contributed by atoms with Gasteiger partial charge in [-0.1, -0.05) is 0 Å². The normalized spacial score (nSPS) is 24.7. The van der Waals surface area contributed by atoms with Gasteiger partial charge in [0.1, 0.15) is 6.10 Å². The zero-order valence-corrected chi connectivity index (χ0v) is 16.6. The lowest BCUT2D eigenvalue weighted by Gasteiger charge is -2.37. The summed E-state index contributed by atoms with van der Waals surface area (Å²) < 4.78 is 13.6. The molecule has 7 nitrogen and oxygen atoms in total. The molecule has 8 heteroatoms. The molecule has 2 aliphatic heterocycles. The Morgan fingerprint density at radius 3 is 2.92 bits per heavy atom. The number of ether oxygens (including phenoxy) is 2. The standard InChI is InChI=1S/C16H27N5O2.HI/c1-17-16(18-6-3-8-21-9-4-7-19-21)20-10-12-23-15(13-20)14-5-2-11-22-14;/h4,7,9,14-15H,2-3,5-6,8,10-13H2,1H3,(H,17,18);1H. The largest absolute Gasteiger partial charge is 0.375 e. The molecular weight excluding hydrogens is 421 g/mol. The number of aryl methyl sites for hydroxylation is 1. The Morgan fingerprint density at radius 1 is 1.33 bits per heavy atom. The lowest BCUT2D eigenvalue weighted by atomic mass is 10.1. The Balaban J connectivity index is 0.00000208. The van der Waals surface area contributed by atoms with Crippen molar-refractivity contribution in [2.45, 2.75) is 38.0 Å². The molecule has 3 heterocycles. The third-order valence-electron chi connectivity index (χ3n) is 4.39. The molecule has 24 heavy (non-hydrogen) atoms. The molecule has 136 valence electrons. The highest BCUT2D eigenvalue weighted by atomic mass is 127. The highest BCUT2D eigenvalue weighted by molar-refractivity contribution is 14.0. The Labute approximate surface area is 160 Å². The van der Waals surface area contributed by atoms with Crippen LogP contribution < -0.4 is 5.32 Å². The smallest absolute Gasteiger partial charge is 0.193 e. The van der Waals surface area contributed by atoms with E-state index in [4.69, 9.17) is 9.47 Å². The molecule has 0 radical (unpaired) electrons. The van der Waals surface area contributed by atoms with Crippen LogP contribution in [0.3, 0.4) is 0 Å². The molecule has 2 fully saturated rings. The minimum Gasteiger partial charge on any atom is -0.375 e. The maximum atomic E-state index is 5.90. The molecule has 1 N–H and O–H groups in total. The van der Waals surface area contributed by atoms with Crippen LogP contribution in [0.25, 0.3) is 0 Å². The summed E-state index contributed by atoms with van der Waals surface area (Å²) in [7, 11) is 1.84. The predicted octanol–water partition coefficient (Wildman–Crippen LogP) is 1.35. The molecule has 0 aliphatic carbocycles. The predicted molar refractivity (Wildman–Crippen MR) is 104 cm³/mol. The van der Waals surface area contributed by atoms with Crippen molar-refractivity contribution in [1.82, 2.24) is 20.0 Å². The second-order valence-electron chi connectivity index (χ2n) is 6.00. The van der Waals surface area contributed by atoms with Crippen molar-refractivity contribution in [1.29, 1.82) is 0 Å². The number of guanidine groups is 1. The summed E-state index contributed by atoms with van der Waals surface area (Å²) in [5.74, 6) is 0.955. The third-order valence-corrected chi connectivity index (χ3v) is 4.39. The molecule has 0 spiro atoms. The van der Waals surface area contributed by atoms with Crippen molar-refractivity contribution in [3.05, 3.63) is 18.5 Å². The van der Waals surface area contributed by atoms with Gasteiger partial charge in [0.25, 0.3) is 0 Å². The van der Waals surface area contributed by atoms with Crippen LogP contribution in [0, 0.1) is 0 Å². The van der Waals surface area contributed by atoms with E-state index in [1.807, 2.05) is 30.2 Å². The number of hydrogen-bond acceptors (Lipinski definition) is 4. The molecule has 0 saturated carbocycles. The van der Waals surface area contributed by atoms with Gasteiger partial charge >= 0.3 is 0 Å². The van der Waals surface area contributed by atoms with Crippen molar-refractivity contribution in [3.8, 4) is 0 Å². The Morgan fingerprint density at radius 2 is 2.21 bits per heavy atom. The van der Waals surface area contributed by atoms with E-state index in [1.165, 1.54) is 0 Å². The van der Waals surface area contributed by atoms with Crippen molar-refractivity contribution in [2.24, 2.45) is 4.99 Å². The van der Waals surface area contributed by atoms with Gasteiger partial charge in [-0.25, -0.2) is 0 Å². The molecule has 2 aliphatic rings. The van der Waals surface area contributed by atoms with Crippen LogP contribution in [0.15, 0.2) is 23.5 Å². The Bertz CT molecular complexity index is 491. The number of hydrogen-bond donors (Lipinski definition) is 1. The fourth-order valence-corrected chi connectivity index (χ4v) is 3.19. The minimum absolute atomic E-state index is 0. The zero-order valence-electron chi connectivity index (χ0n) is 14.3. The van der Waals surface area contributed by atoms with E-state index in [1.54, 1.807) is 0 Å². The van der Waals surface area contributed by atoms with Gasteiger partial charge in [-0.3, -0.25) is 9.67 Å². The van der Waals surface area contributed by atoms with Crippen LogP contribution in [0.4, 0.5) is 0 Å². The van der Waals surface area contributed by atoms with Gasteiger partial charge in [-0.05, 0) is 25.3 Å². The highest BCUT2D eigenvalue weighted by Crippen LogP contribution is 2.20. The van der Waals surface area contributed by atoms with Crippen molar-refractivity contribution in [3.63, 3.8) is 0 Å². The van der Waals surface area contributed by atoms with E-state index in [9.17, 15) is 0 Å². The van der Waals surface area contributed by atoms with Crippen molar-refractivity contribution >= 4 is 29.9 Å². The first kappa shape index (κ1) is 19.5. The topological polar surface area (TPSA) is 63.9 Å². The van der Waals surface area contributed by atoms with Crippen molar-refractivity contribution in [2.75, 3.05) is 39.9 Å². The number of halogens is 1. The molecule has 1 aromatic rings. The summed E-state index contributed by atoms with van der Waals surface area (Å²) in [6.45, 7) is 5.13. The van der Waals surface area contributed by atoms with Crippen LogP contribution in [-0.2, 0) is 16.0 Å². The SMILES string of the molecule is CN=C(NCCCn1cccn1)N1CCOC(C2CCCO2)C1.I. The Kier molecular flexibility index (Phi) is 8.26. The molecule has 2 saturated heterocycles. The van der Waals surface area contributed by atoms with Crippen LogP contribution in [0.2, 0.25) is 0 Å². The van der Waals surface area contributed by atoms with Gasteiger partial charge in [0, 0.05) is 52.2 Å². The highest BCUT2D eigenvalue weighted by Gasteiger charge is 2.32. The zero-order chi connectivity index (χ0) is 15.9. The van der Waals surface area contributed by atoms with Crippen LogP contribution >= 0.6 is 24.0 Å². The Hall–Kier alpha value is -0.870. The molecule has 2 unspecified atom stereocenters. The molecule has 3 rings (SSSR count). The van der Waals surface area contributed by atoms with Gasteiger partial charge in [-0.2, -0.15) is 5.10 Å². The molecule has 1 aromatic heterocycles. The monoisotopic (exact) mass is 449 g/mol. The molecule has 0 bridgehead atoms. The fourth-order valence-electron chi connectivity index (χ4n) is 3.19. The molecule has 2 atom stereocenters. The summed E-state index contributed by atoms with van der Waals surface area (Å²) in [6.07, 6.45) is 7.47. The summed E-state index contributed by atoms with van der Waals surface area (Å²) in [4.78, 5) is 6.70. The van der Waals surface area contributed by atoms with Gasteiger partial charge in [0.05, 0.1) is 12.7 Å². The van der Waals surface area contributed by atoms with E-state index in [0.29, 0.717) is 0 Å². The van der Waals surface area contributed by atoms with Gasteiger partial charge < -0.3 is 19.7 Å². The number of aliphatic imine (C=N–C) groups is 1. The molecule has 0 amide bonds. The fraction of sp³-hybridized carbons (Fsp3) is 0.750. The minimum atomic E-state index is 0. The maximum absolute atomic E-state index is 5.90. The average molecular weight is 449 g/mol. The van der Waals surface area contributed by atoms with Crippen LogP contribution in [-0.4, -0.2) is 72.7 Å². The second-order valence-corrected chi connectivity index (χ2v) is 6.00. The van der Waals surface area contributed by atoms with E-state index in [-0.39, 0.29) is 36.2 Å². The van der Waals surface area contributed by atoms with Gasteiger partial charge in [-0.15, -0.1) is 24.0 Å². The van der Waals surface area contributed by atoms with Gasteiger partial charge in [0.15, 0.2) is 5.96 Å². The lowest BCUT2D eigenvalue weighted by molar-refractivity contribution is -0.0816. The van der Waals surface area contributed by atoms with E-state index in [0.717, 1.165) is 64.6 Å². The number of rotatable bonds is 5. The van der Waals surface area contributed by atoms with E-state index in [2.05, 4.69) is 20.3 Å². The average Bonchev–Trinajstić information content (AvgIpc) is 3.29. The lowest BCUT2D eigenvalue weighted by Crippen LogP contribution is -2.53. The van der Waals surface area contributed by atoms with Crippen LogP contribution in [0.1, 0.15) is 19.3 Å². The summed E-state index contributed by atoms with van der Waals surface area (Å²) in [6, 6.07) is 1.95. The second kappa shape index (κ2) is 10.2. The summed E-state index contributed by atoms with van der Waals surface area (Å²) in [5, 5.41) is 7.67. The number of nitrogens with one attached hydrogen (secondary N) is 1. The first-order valence-electron chi connectivity index (χ1n) is 8.53. The summed E-state index contributed by atoms with van der Waals surface area (Å²) >= 11 is 0. The summed E-state index contributed by atoms with van der Waals surface area (Å²) in [5.41, 5.74) is 0. The van der Waals surface area contributed by atoms with Gasteiger partial charge in [0.2, 0.25) is 0 Å². The number of morpholine rings is 1. The first-order chi connectivity index (χ1) is 11.4. The molecule has 0 aromatic carbocycles. The first-order valence-corrected chi connectivity index (χ1v) is 8.53.